The predicted molar refractivity (Wildman–Crippen MR) is 57.9 cm³/mol. The topological polar surface area (TPSA) is 78.4 Å². The number of hydrogen-bond donors (Lipinski definition) is 3. The van der Waals surface area contributed by atoms with Crippen LogP contribution in [0.15, 0.2) is 0 Å². The fourth-order valence-corrected chi connectivity index (χ4v) is 1.74. The van der Waals surface area contributed by atoms with E-state index in [1.54, 1.807) is 6.92 Å². The monoisotopic (exact) mass is 226 g/mol. The highest BCUT2D eigenvalue weighted by molar-refractivity contribution is 5.83. The second kappa shape index (κ2) is 4.41. The smallest absolute Gasteiger partial charge is 0.321 e. The van der Waals surface area contributed by atoms with Crippen molar-refractivity contribution >= 4 is 11.9 Å². The van der Waals surface area contributed by atoms with Gasteiger partial charge in [-0.1, -0.05) is 0 Å². The first-order valence-corrected chi connectivity index (χ1v) is 5.87. The third kappa shape index (κ3) is 2.95. The fourth-order valence-electron chi connectivity index (χ4n) is 1.74. The lowest BCUT2D eigenvalue weighted by Gasteiger charge is -2.19. The Morgan fingerprint density at radius 2 is 1.88 bits per heavy atom. The van der Waals surface area contributed by atoms with Crippen molar-refractivity contribution in [1.82, 2.24) is 10.6 Å². The number of aliphatic carboxylic acids is 1. The molecule has 90 valence electrons. The zero-order valence-corrected chi connectivity index (χ0v) is 9.40. The Bertz CT molecular complexity index is 298. The van der Waals surface area contributed by atoms with Crippen molar-refractivity contribution in [2.75, 3.05) is 0 Å². The molecule has 3 N–H and O–H groups in total. The summed E-state index contributed by atoms with van der Waals surface area (Å²) in [5.41, 5.74) is 0. The van der Waals surface area contributed by atoms with Gasteiger partial charge in [-0.15, -0.1) is 0 Å². The Morgan fingerprint density at radius 1 is 1.25 bits per heavy atom. The first-order chi connectivity index (χ1) is 7.58. The zero-order chi connectivity index (χ0) is 11.7. The van der Waals surface area contributed by atoms with Crippen LogP contribution < -0.4 is 10.6 Å². The van der Waals surface area contributed by atoms with Crippen molar-refractivity contribution in [2.45, 2.75) is 50.7 Å². The van der Waals surface area contributed by atoms with Gasteiger partial charge in [0.05, 0.1) is 6.04 Å². The number of nitrogens with one attached hydrogen (secondary N) is 2. The van der Waals surface area contributed by atoms with E-state index in [2.05, 4.69) is 10.6 Å². The van der Waals surface area contributed by atoms with Crippen LogP contribution in [0, 0.1) is 5.92 Å². The molecule has 0 aromatic rings. The van der Waals surface area contributed by atoms with Crippen molar-refractivity contribution in [3.63, 3.8) is 0 Å². The number of carboxylic acid groups (broad SMARTS) is 1. The minimum absolute atomic E-state index is 0.0885. The molecule has 2 rings (SSSR count). The van der Waals surface area contributed by atoms with Crippen molar-refractivity contribution in [1.29, 1.82) is 0 Å². The zero-order valence-electron chi connectivity index (χ0n) is 9.40. The maximum Gasteiger partial charge on any atom is 0.321 e. The average molecular weight is 226 g/mol. The first kappa shape index (κ1) is 11.4. The van der Waals surface area contributed by atoms with Gasteiger partial charge in [0.25, 0.3) is 0 Å². The summed E-state index contributed by atoms with van der Waals surface area (Å²) in [5.74, 6) is -0.739. The van der Waals surface area contributed by atoms with Crippen molar-refractivity contribution in [3.8, 4) is 0 Å². The number of carboxylic acids is 1. The molecule has 0 aliphatic heterocycles. The molecule has 0 radical (unpaired) electrons. The number of carbonyl (C=O) groups is 2. The molecule has 1 amide bonds. The molecule has 2 unspecified atom stereocenters. The van der Waals surface area contributed by atoms with Crippen LogP contribution >= 0.6 is 0 Å². The molecule has 0 aromatic heterocycles. The highest BCUT2D eigenvalue weighted by Crippen LogP contribution is 2.33. The normalized spacial score (nSPS) is 23.6. The molecule has 2 atom stereocenters. The molecule has 2 aliphatic carbocycles. The van der Waals surface area contributed by atoms with Crippen LogP contribution in [-0.2, 0) is 9.59 Å². The summed E-state index contributed by atoms with van der Waals surface area (Å²) in [7, 11) is 0. The Morgan fingerprint density at radius 3 is 2.31 bits per heavy atom. The largest absolute Gasteiger partial charge is 0.480 e. The van der Waals surface area contributed by atoms with Crippen LogP contribution in [0.1, 0.15) is 32.6 Å². The molecular weight excluding hydrogens is 208 g/mol. The highest BCUT2D eigenvalue weighted by Gasteiger charge is 2.38. The van der Waals surface area contributed by atoms with Crippen LogP contribution in [0.25, 0.3) is 0 Å². The molecule has 2 saturated carbocycles. The van der Waals surface area contributed by atoms with Gasteiger partial charge in [0.1, 0.15) is 6.04 Å². The molecule has 0 heterocycles. The predicted octanol–water partition coefficient (Wildman–Crippen LogP) is 0.106. The molecule has 16 heavy (non-hydrogen) atoms. The lowest BCUT2D eigenvalue weighted by molar-refractivity contribution is -0.140. The van der Waals surface area contributed by atoms with E-state index in [4.69, 9.17) is 5.11 Å². The van der Waals surface area contributed by atoms with Crippen molar-refractivity contribution in [2.24, 2.45) is 5.92 Å². The Hall–Kier alpha value is -1.10. The van der Waals surface area contributed by atoms with E-state index in [1.807, 2.05) is 0 Å². The molecule has 0 spiro atoms. The average Bonchev–Trinajstić information content (AvgIpc) is 3.05. The summed E-state index contributed by atoms with van der Waals surface area (Å²) in [6, 6.07) is -0.678. The van der Waals surface area contributed by atoms with E-state index in [-0.39, 0.29) is 11.8 Å². The maximum atomic E-state index is 11.6. The van der Waals surface area contributed by atoms with Gasteiger partial charge in [-0.05, 0) is 38.5 Å². The summed E-state index contributed by atoms with van der Waals surface area (Å²) < 4.78 is 0. The standard InChI is InChI=1S/C11H18N2O3/c1-6(10(14)13-8-4-5-8)12-9(11(15)16)7-2-3-7/h6-9,12H,2-5H2,1H3,(H,13,14)(H,15,16). The summed E-state index contributed by atoms with van der Waals surface area (Å²) >= 11 is 0. The van der Waals surface area contributed by atoms with Crippen LogP contribution in [0.4, 0.5) is 0 Å². The van der Waals surface area contributed by atoms with E-state index < -0.39 is 18.1 Å². The van der Waals surface area contributed by atoms with Gasteiger partial charge in [0, 0.05) is 6.04 Å². The van der Waals surface area contributed by atoms with Crippen LogP contribution in [0.2, 0.25) is 0 Å². The second-order valence-electron chi connectivity index (χ2n) is 4.82. The van der Waals surface area contributed by atoms with Gasteiger partial charge >= 0.3 is 5.97 Å². The van der Waals surface area contributed by atoms with E-state index in [1.165, 1.54) is 0 Å². The Kier molecular flexibility index (Phi) is 3.14. The Balaban J connectivity index is 1.80. The highest BCUT2D eigenvalue weighted by atomic mass is 16.4. The molecular formula is C11H18N2O3. The lowest BCUT2D eigenvalue weighted by Crippen LogP contribution is -2.50. The quantitative estimate of drug-likeness (QED) is 0.600. The molecule has 5 heteroatoms. The summed E-state index contributed by atoms with van der Waals surface area (Å²) in [4.78, 5) is 22.6. The summed E-state index contributed by atoms with van der Waals surface area (Å²) in [6.45, 7) is 1.72. The fraction of sp³-hybridized carbons (Fsp3) is 0.818. The van der Waals surface area contributed by atoms with Crippen molar-refractivity contribution < 1.29 is 14.7 Å². The molecule has 5 nitrogen and oxygen atoms in total. The maximum absolute atomic E-state index is 11.6. The van der Waals surface area contributed by atoms with Gasteiger partial charge in [0.15, 0.2) is 0 Å². The summed E-state index contributed by atoms with van der Waals surface area (Å²) in [5, 5.41) is 14.8. The molecule has 0 aromatic carbocycles. The third-order valence-corrected chi connectivity index (χ3v) is 3.11. The second-order valence-corrected chi connectivity index (χ2v) is 4.82. The molecule has 0 bridgehead atoms. The van der Waals surface area contributed by atoms with Crippen LogP contribution in [-0.4, -0.2) is 35.1 Å². The molecule has 2 fully saturated rings. The number of hydrogen-bond acceptors (Lipinski definition) is 3. The van der Waals surface area contributed by atoms with E-state index in [9.17, 15) is 9.59 Å². The molecule has 2 aliphatic rings. The lowest BCUT2D eigenvalue weighted by atomic mass is 10.1. The molecule has 0 saturated heterocycles. The number of carbonyl (C=O) groups excluding carboxylic acids is 1. The third-order valence-electron chi connectivity index (χ3n) is 3.11. The van der Waals surface area contributed by atoms with E-state index in [0.29, 0.717) is 6.04 Å². The van der Waals surface area contributed by atoms with Gasteiger partial charge < -0.3 is 10.4 Å². The first-order valence-electron chi connectivity index (χ1n) is 5.87. The van der Waals surface area contributed by atoms with E-state index in [0.717, 1.165) is 25.7 Å². The number of amides is 1. The SMILES string of the molecule is CC(NC(C(=O)O)C1CC1)C(=O)NC1CC1. The van der Waals surface area contributed by atoms with Gasteiger partial charge in [-0.25, -0.2) is 0 Å². The van der Waals surface area contributed by atoms with Gasteiger partial charge in [0.2, 0.25) is 5.91 Å². The minimum Gasteiger partial charge on any atom is -0.480 e. The van der Waals surface area contributed by atoms with Crippen molar-refractivity contribution in [3.05, 3.63) is 0 Å². The van der Waals surface area contributed by atoms with Gasteiger partial charge in [-0.2, -0.15) is 0 Å². The summed E-state index contributed by atoms with van der Waals surface area (Å²) in [6.07, 6.45) is 3.98. The van der Waals surface area contributed by atoms with E-state index >= 15 is 0 Å². The minimum atomic E-state index is -0.853. The Labute approximate surface area is 94.6 Å². The van der Waals surface area contributed by atoms with Crippen LogP contribution in [0.5, 0.6) is 0 Å². The number of rotatable bonds is 6. The van der Waals surface area contributed by atoms with Crippen LogP contribution in [0.3, 0.4) is 0 Å². The van der Waals surface area contributed by atoms with Gasteiger partial charge in [-0.3, -0.25) is 14.9 Å².